The molecule has 0 spiro atoms. The molecule has 0 atom stereocenters. The Balaban J connectivity index is 1.43. The Morgan fingerprint density at radius 2 is 1.81 bits per heavy atom. The zero-order valence-electron chi connectivity index (χ0n) is 15.3. The topological polar surface area (TPSA) is 65.1 Å². The molecule has 142 valence electrons. The SMILES string of the molecule is CCN(Cc1ccccc1)C(=O)COC(=O)CCc1ccc2c(c1)OCO2. The van der Waals surface area contributed by atoms with Gasteiger partial charge in [0, 0.05) is 19.5 Å². The van der Waals surface area contributed by atoms with Gasteiger partial charge in [-0.05, 0) is 36.6 Å². The lowest BCUT2D eigenvalue weighted by molar-refractivity contribution is -0.152. The van der Waals surface area contributed by atoms with E-state index < -0.39 is 5.97 Å². The van der Waals surface area contributed by atoms with Crippen molar-refractivity contribution in [2.75, 3.05) is 19.9 Å². The molecule has 6 nitrogen and oxygen atoms in total. The van der Waals surface area contributed by atoms with E-state index in [1.165, 1.54) is 0 Å². The molecule has 0 radical (unpaired) electrons. The van der Waals surface area contributed by atoms with E-state index in [0.717, 1.165) is 11.1 Å². The molecular formula is C21H23NO5. The lowest BCUT2D eigenvalue weighted by Crippen LogP contribution is -2.34. The van der Waals surface area contributed by atoms with E-state index in [9.17, 15) is 9.59 Å². The van der Waals surface area contributed by atoms with Crippen molar-refractivity contribution in [2.45, 2.75) is 26.3 Å². The van der Waals surface area contributed by atoms with Crippen LogP contribution >= 0.6 is 0 Å². The Labute approximate surface area is 158 Å². The lowest BCUT2D eigenvalue weighted by atomic mass is 10.1. The number of likely N-dealkylation sites (N-methyl/N-ethyl adjacent to an activating group) is 1. The van der Waals surface area contributed by atoms with Gasteiger partial charge in [0.25, 0.3) is 5.91 Å². The summed E-state index contributed by atoms with van der Waals surface area (Å²) in [6, 6.07) is 15.3. The van der Waals surface area contributed by atoms with E-state index in [1.54, 1.807) is 4.90 Å². The molecule has 27 heavy (non-hydrogen) atoms. The standard InChI is InChI=1S/C21H23NO5/c1-2-22(13-17-6-4-3-5-7-17)20(23)14-25-21(24)11-9-16-8-10-18-19(12-16)27-15-26-18/h3-8,10,12H,2,9,11,13-15H2,1H3. The summed E-state index contributed by atoms with van der Waals surface area (Å²) in [7, 11) is 0. The fourth-order valence-electron chi connectivity index (χ4n) is 2.83. The molecule has 0 N–H and O–H groups in total. The van der Waals surface area contributed by atoms with E-state index in [1.807, 2.05) is 55.5 Å². The molecule has 1 amide bonds. The molecule has 0 saturated heterocycles. The summed E-state index contributed by atoms with van der Waals surface area (Å²) < 4.78 is 15.7. The van der Waals surface area contributed by atoms with E-state index in [0.29, 0.717) is 31.0 Å². The third-order valence-corrected chi connectivity index (χ3v) is 4.36. The second kappa shape index (κ2) is 9.07. The largest absolute Gasteiger partial charge is 0.456 e. The first-order valence-electron chi connectivity index (χ1n) is 9.01. The second-order valence-corrected chi connectivity index (χ2v) is 6.24. The van der Waals surface area contributed by atoms with Crippen LogP contribution in [0.5, 0.6) is 11.5 Å². The number of hydrogen-bond acceptors (Lipinski definition) is 5. The Bertz CT molecular complexity index is 790. The van der Waals surface area contributed by atoms with Gasteiger partial charge < -0.3 is 19.1 Å². The number of nitrogens with zero attached hydrogens (tertiary/aromatic N) is 1. The van der Waals surface area contributed by atoms with Crippen molar-refractivity contribution in [3.63, 3.8) is 0 Å². The van der Waals surface area contributed by atoms with E-state index in [4.69, 9.17) is 14.2 Å². The highest BCUT2D eigenvalue weighted by Crippen LogP contribution is 2.32. The van der Waals surface area contributed by atoms with Crippen LogP contribution in [0.15, 0.2) is 48.5 Å². The molecule has 1 aliphatic rings. The van der Waals surface area contributed by atoms with Gasteiger partial charge in [-0.3, -0.25) is 9.59 Å². The number of ether oxygens (including phenoxy) is 3. The van der Waals surface area contributed by atoms with Gasteiger partial charge in [-0.2, -0.15) is 0 Å². The number of hydrogen-bond donors (Lipinski definition) is 0. The summed E-state index contributed by atoms with van der Waals surface area (Å²) in [5.74, 6) is 0.815. The van der Waals surface area contributed by atoms with Crippen LogP contribution in [0.3, 0.4) is 0 Å². The zero-order valence-corrected chi connectivity index (χ0v) is 15.3. The van der Waals surface area contributed by atoms with Gasteiger partial charge >= 0.3 is 5.97 Å². The normalized spacial score (nSPS) is 11.9. The van der Waals surface area contributed by atoms with Gasteiger partial charge in [0.15, 0.2) is 18.1 Å². The molecule has 0 fully saturated rings. The Kier molecular flexibility index (Phi) is 6.30. The maximum atomic E-state index is 12.3. The van der Waals surface area contributed by atoms with Gasteiger partial charge in [-0.25, -0.2) is 0 Å². The minimum absolute atomic E-state index is 0.196. The predicted molar refractivity (Wildman–Crippen MR) is 99.4 cm³/mol. The number of carbonyl (C=O) groups is 2. The number of fused-ring (bicyclic) bond motifs is 1. The average Bonchev–Trinajstić information content (AvgIpc) is 3.17. The minimum atomic E-state index is -0.392. The molecule has 0 aromatic heterocycles. The number of aryl methyl sites for hydroxylation is 1. The van der Waals surface area contributed by atoms with Crippen LogP contribution in [0.25, 0.3) is 0 Å². The van der Waals surface area contributed by atoms with E-state index in [2.05, 4.69) is 0 Å². The van der Waals surface area contributed by atoms with Crippen molar-refractivity contribution in [3.8, 4) is 11.5 Å². The Hall–Kier alpha value is -3.02. The van der Waals surface area contributed by atoms with Crippen LogP contribution in [0.2, 0.25) is 0 Å². The summed E-state index contributed by atoms with van der Waals surface area (Å²) >= 11 is 0. The monoisotopic (exact) mass is 369 g/mol. The van der Waals surface area contributed by atoms with Gasteiger partial charge in [0.05, 0.1) is 0 Å². The molecule has 1 heterocycles. The number of benzene rings is 2. The van der Waals surface area contributed by atoms with Crippen molar-refractivity contribution in [3.05, 3.63) is 59.7 Å². The first-order chi connectivity index (χ1) is 13.2. The van der Waals surface area contributed by atoms with Crippen LogP contribution in [0.4, 0.5) is 0 Å². The molecule has 6 heteroatoms. The molecule has 0 unspecified atom stereocenters. The Morgan fingerprint density at radius 1 is 1.04 bits per heavy atom. The van der Waals surface area contributed by atoms with Crippen molar-refractivity contribution >= 4 is 11.9 Å². The van der Waals surface area contributed by atoms with Crippen molar-refractivity contribution < 1.29 is 23.8 Å². The van der Waals surface area contributed by atoms with Crippen molar-refractivity contribution in [2.24, 2.45) is 0 Å². The van der Waals surface area contributed by atoms with Gasteiger partial charge in [0.2, 0.25) is 6.79 Å². The smallest absolute Gasteiger partial charge is 0.306 e. The predicted octanol–water partition coefficient (Wildman–Crippen LogP) is 2.94. The van der Waals surface area contributed by atoms with Crippen molar-refractivity contribution in [1.29, 1.82) is 0 Å². The quantitative estimate of drug-likeness (QED) is 0.670. The lowest BCUT2D eigenvalue weighted by Gasteiger charge is -2.20. The summed E-state index contributed by atoms with van der Waals surface area (Å²) in [6.07, 6.45) is 0.725. The molecule has 0 saturated carbocycles. The van der Waals surface area contributed by atoms with Gasteiger partial charge in [-0.15, -0.1) is 0 Å². The summed E-state index contributed by atoms with van der Waals surface area (Å²) in [5, 5.41) is 0. The van der Waals surface area contributed by atoms with Crippen LogP contribution in [-0.2, 0) is 27.3 Å². The molecule has 2 aromatic carbocycles. The molecule has 3 rings (SSSR count). The molecular weight excluding hydrogens is 346 g/mol. The molecule has 1 aliphatic heterocycles. The third-order valence-electron chi connectivity index (χ3n) is 4.36. The number of esters is 1. The van der Waals surface area contributed by atoms with Crippen LogP contribution in [0, 0.1) is 0 Å². The van der Waals surface area contributed by atoms with Crippen LogP contribution in [0.1, 0.15) is 24.5 Å². The Morgan fingerprint density at radius 3 is 2.59 bits per heavy atom. The number of amides is 1. The fraction of sp³-hybridized carbons (Fsp3) is 0.333. The average molecular weight is 369 g/mol. The van der Waals surface area contributed by atoms with Gasteiger partial charge in [-0.1, -0.05) is 36.4 Å². The highest BCUT2D eigenvalue weighted by molar-refractivity contribution is 5.80. The minimum Gasteiger partial charge on any atom is -0.456 e. The van der Waals surface area contributed by atoms with Crippen LogP contribution < -0.4 is 9.47 Å². The van der Waals surface area contributed by atoms with Crippen LogP contribution in [-0.4, -0.2) is 36.7 Å². The zero-order chi connectivity index (χ0) is 19.1. The molecule has 0 aliphatic carbocycles. The highest BCUT2D eigenvalue weighted by Gasteiger charge is 2.16. The third kappa shape index (κ3) is 5.23. The number of carbonyl (C=O) groups excluding carboxylic acids is 2. The summed E-state index contributed by atoms with van der Waals surface area (Å²) in [4.78, 5) is 25.9. The van der Waals surface area contributed by atoms with Gasteiger partial charge in [0.1, 0.15) is 0 Å². The molecule has 0 bridgehead atoms. The van der Waals surface area contributed by atoms with E-state index >= 15 is 0 Å². The number of rotatable bonds is 8. The summed E-state index contributed by atoms with van der Waals surface area (Å²) in [6.45, 7) is 2.95. The fourth-order valence-corrected chi connectivity index (χ4v) is 2.83. The van der Waals surface area contributed by atoms with Crippen molar-refractivity contribution in [1.82, 2.24) is 4.90 Å². The molecule has 2 aromatic rings. The summed E-state index contributed by atoms with van der Waals surface area (Å²) in [5.41, 5.74) is 2.00. The van der Waals surface area contributed by atoms with E-state index in [-0.39, 0.29) is 25.7 Å². The first kappa shape index (κ1) is 18.8. The second-order valence-electron chi connectivity index (χ2n) is 6.24. The highest BCUT2D eigenvalue weighted by atomic mass is 16.7. The maximum absolute atomic E-state index is 12.3. The first-order valence-corrected chi connectivity index (χ1v) is 9.01. The maximum Gasteiger partial charge on any atom is 0.306 e.